The normalized spacial score (nSPS) is 35.5. The number of nitrogens with zero attached hydrogens (tertiary/aromatic N) is 1. The van der Waals surface area contributed by atoms with Gasteiger partial charge < -0.3 is 10.6 Å². The molecule has 2 unspecified atom stereocenters. The average Bonchev–Trinajstić information content (AvgIpc) is 1.94. The van der Waals surface area contributed by atoms with Gasteiger partial charge in [0.2, 0.25) is 0 Å². The molecule has 0 aromatic carbocycles. The van der Waals surface area contributed by atoms with Crippen molar-refractivity contribution in [3.05, 3.63) is 0 Å². The molecular formula is C10H22N2. The summed E-state index contributed by atoms with van der Waals surface area (Å²) in [5.41, 5.74) is 6.54. The van der Waals surface area contributed by atoms with Gasteiger partial charge in [-0.15, -0.1) is 0 Å². The zero-order valence-corrected chi connectivity index (χ0v) is 8.80. The van der Waals surface area contributed by atoms with E-state index in [-0.39, 0.29) is 0 Å². The SMILES string of the molecule is CN(C)C1CCCC(C)(C)C1N. The van der Waals surface area contributed by atoms with Crippen LogP contribution < -0.4 is 5.73 Å². The highest BCUT2D eigenvalue weighted by Gasteiger charge is 2.37. The second-order valence-electron chi connectivity index (χ2n) is 4.94. The summed E-state index contributed by atoms with van der Waals surface area (Å²) in [7, 11) is 4.26. The van der Waals surface area contributed by atoms with Gasteiger partial charge in [0.1, 0.15) is 0 Å². The molecule has 0 radical (unpaired) electrons. The molecule has 2 N–H and O–H groups in total. The van der Waals surface area contributed by atoms with Crippen LogP contribution in [0, 0.1) is 5.41 Å². The molecule has 2 atom stereocenters. The van der Waals surface area contributed by atoms with Crippen molar-refractivity contribution in [1.82, 2.24) is 4.90 Å². The van der Waals surface area contributed by atoms with Crippen LogP contribution in [0.1, 0.15) is 33.1 Å². The monoisotopic (exact) mass is 170 g/mol. The van der Waals surface area contributed by atoms with Gasteiger partial charge in [-0.05, 0) is 32.4 Å². The maximum Gasteiger partial charge on any atom is 0.0248 e. The van der Waals surface area contributed by atoms with Crippen LogP contribution in [0.15, 0.2) is 0 Å². The van der Waals surface area contributed by atoms with Crippen molar-refractivity contribution in [3.63, 3.8) is 0 Å². The smallest absolute Gasteiger partial charge is 0.0248 e. The Morgan fingerprint density at radius 2 is 1.92 bits per heavy atom. The predicted molar refractivity (Wildman–Crippen MR) is 53.1 cm³/mol. The fourth-order valence-corrected chi connectivity index (χ4v) is 2.21. The van der Waals surface area contributed by atoms with E-state index in [2.05, 4.69) is 32.8 Å². The Morgan fingerprint density at radius 1 is 1.33 bits per heavy atom. The third kappa shape index (κ3) is 1.80. The number of nitrogens with two attached hydrogens (primary N) is 1. The number of hydrogen-bond donors (Lipinski definition) is 1. The number of rotatable bonds is 1. The van der Waals surface area contributed by atoms with E-state index in [1.54, 1.807) is 0 Å². The molecule has 1 saturated carbocycles. The molecule has 0 heterocycles. The minimum Gasteiger partial charge on any atom is -0.326 e. The van der Waals surface area contributed by atoms with Crippen molar-refractivity contribution in [2.45, 2.75) is 45.2 Å². The van der Waals surface area contributed by atoms with Crippen LogP contribution in [0.2, 0.25) is 0 Å². The lowest BCUT2D eigenvalue weighted by molar-refractivity contribution is 0.100. The predicted octanol–water partition coefficient (Wildman–Crippen LogP) is 1.45. The molecule has 0 amide bonds. The van der Waals surface area contributed by atoms with Gasteiger partial charge in [0.15, 0.2) is 0 Å². The topological polar surface area (TPSA) is 29.3 Å². The Morgan fingerprint density at radius 3 is 2.33 bits per heavy atom. The third-order valence-electron chi connectivity index (χ3n) is 3.30. The second kappa shape index (κ2) is 3.35. The minimum atomic E-state index is 0.327. The molecule has 0 aromatic rings. The van der Waals surface area contributed by atoms with E-state index in [0.29, 0.717) is 17.5 Å². The molecular weight excluding hydrogens is 148 g/mol. The molecule has 72 valence electrons. The summed E-state index contributed by atoms with van der Waals surface area (Å²) in [6, 6.07) is 0.912. The van der Waals surface area contributed by atoms with Gasteiger partial charge in [-0.25, -0.2) is 0 Å². The maximum absolute atomic E-state index is 6.22. The lowest BCUT2D eigenvalue weighted by atomic mass is 9.71. The largest absolute Gasteiger partial charge is 0.326 e. The van der Waals surface area contributed by atoms with Crippen LogP contribution in [0.3, 0.4) is 0 Å². The van der Waals surface area contributed by atoms with Crippen LogP contribution in [0.25, 0.3) is 0 Å². The quantitative estimate of drug-likeness (QED) is 0.645. The first-order chi connectivity index (χ1) is 5.45. The summed E-state index contributed by atoms with van der Waals surface area (Å²) >= 11 is 0. The van der Waals surface area contributed by atoms with Gasteiger partial charge in [-0.3, -0.25) is 0 Å². The fraction of sp³-hybridized carbons (Fsp3) is 1.00. The minimum absolute atomic E-state index is 0.327. The Labute approximate surface area is 76.1 Å². The van der Waals surface area contributed by atoms with E-state index < -0.39 is 0 Å². The summed E-state index contributed by atoms with van der Waals surface area (Å²) in [5, 5.41) is 0. The molecule has 2 nitrogen and oxygen atoms in total. The van der Waals surface area contributed by atoms with Crippen LogP contribution in [-0.4, -0.2) is 31.1 Å². The fourth-order valence-electron chi connectivity index (χ4n) is 2.21. The van der Waals surface area contributed by atoms with Gasteiger partial charge in [0, 0.05) is 12.1 Å². The van der Waals surface area contributed by atoms with Gasteiger partial charge in [0.05, 0.1) is 0 Å². The van der Waals surface area contributed by atoms with Crippen molar-refractivity contribution in [3.8, 4) is 0 Å². The van der Waals surface area contributed by atoms with Gasteiger partial charge >= 0.3 is 0 Å². The highest BCUT2D eigenvalue weighted by Crippen LogP contribution is 2.35. The van der Waals surface area contributed by atoms with Crippen molar-refractivity contribution in [2.24, 2.45) is 11.1 Å². The third-order valence-corrected chi connectivity index (χ3v) is 3.30. The molecule has 1 aliphatic carbocycles. The molecule has 1 fully saturated rings. The van der Waals surface area contributed by atoms with E-state index in [9.17, 15) is 0 Å². The summed E-state index contributed by atoms with van der Waals surface area (Å²) in [5.74, 6) is 0. The van der Waals surface area contributed by atoms with E-state index in [0.717, 1.165) is 0 Å². The maximum atomic E-state index is 6.22. The number of likely N-dealkylation sites (N-methyl/N-ethyl adjacent to an activating group) is 1. The van der Waals surface area contributed by atoms with E-state index in [1.165, 1.54) is 19.3 Å². The Kier molecular flexibility index (Phi) is 2.79. The van der Waals surface area contributed by atoms with Crippen LogP contribution in [0.5, 0.6) is 0 Å². The van der Waals surface area contributed by atoms with Crippen LogP contribution in [0.4, 0.5) is 0 Å². The molecule has 0 spiro atoms. The lowest BCUT2D eigenvalue weighted by Crippen LogP contribution is -2.54. The molecule has 0 bridgehead atoms. The molecule has 1 rings (SSSR count). The van der Waals surface area contributed by atoms with E-state index in [1.807, 2.05) is 0 Å². The average molecular weight is 170 g/mol. The van der Waals surface area contributed by atoms with E-state index >= 15 is 0 Å². The summed E-state index contributed by atoms with van der Waals surface area (Å²) < 4.78 is 0. The van der Waals surface area contributed by atoms with Crippen molar-refractivity contribution in [2.75, 3.05) is 14.1 Å². The Balaban J connectivity index is 2.66. The second-order valence-corrected chi connectivity index (χ2v) is 4.94. The zero-order chi connectivity index (χ0) is 9.35. The van der Waals surface area contributed by atoms with Gasteiger partial charge in [-0.2, -0.15) is 0 Å². The number of hydrogen-bond acceptors (Lipinski definition) is 2. The van der Waals surface area contributed by atoms with E-state index in [4.69, 9.17) is 5.73 Å². The molecule has 0 saturated heterocycles. The summed E-state index contributed by atoms with van der Waals surface area (Å²) in [6.45, 7) is 4.57. The van der Waals surface area contributed by atoms with Crippen molar-refractivity contribution < 1.29 is 0 Å². The van der Waals surface area contributed by atoms with Crippen molar-refractivity contribution in [1.29, 1.82) is 0 Å². The Bertz CT molecular complexity index is 152. The summed E-state index contributed by atoms with van der Waals surface area (Å²) in [6.07, 6.45) is 3.86. The van der Waals surface area contributed by atoms with Crippen LogP contribution in [-0.2, 0) is 0 Å². The molecule has 2 heteroatoms. The molecule has 1 aliphatic rings. The molecule has 0 aliphatic heterocycles. The highest BCUT2D eigenvalue weighted by molar-refractivity contribution is 4.94. The van der Waals surface area contributed by atoms with Crippen molar-refractivity contribution >= 4 is 0 Å². The molecule has 0 aromatic heterocycles. The first kappa shape index (κ1) is 10.0. The zero-order valence-electron chi connectivity index (χ0n) is 8.80. The standard InChI is InChI=1S/C10H22N2/c1-10(2)7-5-6-8(9(10)11)12(3)4/h8-9H,5-7,11H2,1-4H3. The highest BCUT2D eigenvalue weighted by atomic mass is 15.1. The summed E-state index contributed by atoms with van der Waals surface area (Å²) in [4.78, 5) is 2.27. The Hall–Kier alpha value is -0.0800. The lowest BCUT2D eigenvalue weighted by Gasteiger charge is -2.44. The van der Waals surface area contributed by atoms with Gasteiger partial charge in [0.25, 0.3) is 0 Å². The first-order valence-corrected chi connectivity index (χ1v) is 4.87. The molecule has 12 heavy (non-hydrogen) atoms. The first-order valence-electron chi connectivity index (χ1n) is 4.87. The van der Waals surface area contributed by atoms with Gasteiger partial charge in [-0.1, -0.05) is 20.3 Å². The van der Waals surface area contributed by atoms with Crippen LogP contribution >= 0.6 is 0 Å².